The van der Waals surface area contributed by atoms with Crippen LogP contribution in [0.1, 0.15) is 38.5 Å². The molecule has 2 heteroatoms. The predicted octanol–water partition coefficient (Wildman–Crippen LogP) is 3.75. The normalized spacial score (nSPS) is 62.5. The molecule has 0 aromatic carbocycles. The molecule has 0 aliphatic heterocycles. The third-order valence-electron chi connectivity index (χ3n) is 3.92. The zero-order chi connectivity index (χ0) is 8.40. The molecule has 4 bridgehead atoms. The van der Waals surface area contributed by atoms with Crippen molar-refractivity contribution < 1.29 is 0 Å². The van der Waals surface area contributed by atoms with Crippen LogP contribution in [0.3, 0.4) is 0 Å². The maximum absolute atomic E-state index is 6.62. The first-order chi connectivity index (χ1) is 5.57. The van der Waals surface area contributed by atoms with Crippen molar-refractivity contribution in [3.8, 4) is 0 Å². The lowest BCUT2D eigenvalue weighted by Crippen LogP contribution is -2.53. The van der Waals surface area contributed by atoms with Crippen molar-refractivity contribution in [3.63, 3.8) is 0 Å². The number of hydrogen-bond donors (Lipinski definition) is 0. The molecule has 0 N–H and O–H groups in total. The first-order valence-corrected chi connectivity index (χ1v) is 6.41. The van der Waals surface area contributed by atoms with Crippen LogP contribution < -0.4 is 0 Å². The molecule has 0 aromatic rings. The van der Waals surface area contributed by atoms with E-state index in [9.17, 15) is 0 Å². The summed E-state index contributed by atoms with van der Waals surface area (Å²) in [6.45, 7) is 0. The molecule has 4 aliphatic rings. The lowest BCUT2D eigenvalue weighted by Gasteiger charge is -2.58. The molecule has 12 heavy (non-hydrogen) atoms. The second kappa shape index (κ2) is 2.33. The van der Waals surface area contributed by atoms with Gasteiger partial charge in [0.15, 0.2) is 0 Å². The van der Waals surface area contributed by atoms with Gasteiger partial charge >= 0.3 is 0 Å². The van der Waals surface area contributed by atoms with E-state index in [1.807, 2.05) is 0 Å². The molecule has 2 unspecified atom stereocenters. The van der Waals surface area contributed by atoms with Gasteiger partial charge in [0.1, 0.15) is 0 Å². The lowest BCUT2D eigenvalue weighted by molar-refractivity contribution is 0.0614. The van der Waals surface area contributed by atoms with Gasteiger partial charge in [-0.15, -0.1) is 11.6 Å². The Labute approximate surface area is 92.6 Å². The van der Waals surface area contributed by atoms with Crippen LogP contribution in [0, 0.1) is 11.8 Å². The molecule has 4 fully saturated rings. The first kappa shape index (κ1) is 8.34. The van der Waals surface area contributed by atoms with Crippen LogP contribution in [0.15, 0.2) is 0 Å². The second-order valence-electron chi connectivity index (χ2n) is 5.26. The Morgan fingerprint density at radius 2 is 1.67 bits per heavy atom. The number of alkyl halides is 2. The molecule has 0 aromatic heterocycles. The minimum Gasteiger partial charge on any atom is -0.119 e. The minimum absolute atomic E-state index is 0.227. The zero-order valence-corrected chi connectivity index (χ0v) is 10.1. The molecule has 0 spiro atoms. The Hall–Kier alpha value is 1.02. The fourth-order valence-corrected chi connectivity index (χ4v) is 6.94. The maximum atomic E-state index is 6.62. The number of halogens is 2. The summed E-state index contributed by atoms with van der Waals surface area (Å²) in [6, 6.07) is 0. The maximum Gasteiger partial charge on any atom is 0.0464 e. The highest BCUT2D eigenvalue weighted by molar-refractivity contribution is 14.1. The molecule has 4 rings (SSSR count). The fourth-order valence-electron chi connectivity index (χ4n) is 4.04. The summed E-state index contributed by atoms with van der Waals surface area (Å²) in [4.78, 5) is 0.227. The third kappa shape index (κ3) is 1.15. The van der Waals surface area contributed by atoms with Gasteiger partial charge < -0.3 is 0 Å². The summed E-state index contributed by atoms with van der Waals surface area (Å²) < 4.78 is 0.601. The summed E-state index contributed by atoms with van der Waals surface area (Å²) in [6.07, 6.45) is 8.32. The Kier molecular flexibility index (Phi) is 1.62. The average Bonchev–Trinajstić information content (AvgIpc) is 1.75. The van der Waals surface area contributed by atoms with Crippen LogP contribution in [0.25, 0.3) is 0 Å². The van der Waals surface area contributed by atoms with Crippen molar-refractivity contribution in [1.29, 1.82) is 0 Å². The minimum atomic E-state index is 0.227. The van der Waals surface area contributed by atoms with E-state index in [-0.39, 0.29) is 4.87 Å². The van der Waals surface area contributed by atoms with Crippen molar-refractivity contribution in [2.24, 2.45) is 11.8 Å². The lowest BCUT2D eigenvalue weighted by atomic mass is 9.56. The van der Waals surface area contributed by atoms with Crippen LogP contribution in [0.5, 0.6) is 0 Å². The molecule has 68 valence electrons. The Morgan fingerprint density at radius 1 is 1.08 bits per heavy atom. The van der Waals surface area contributed by atoms with Gasteiger partial charge in [0, 0.05) is 8.30 Å². The highest BCUT2D eigenvalue weighted by atomic mass is 127. The largest absolute Gasteiger partial charge is 0.119 e. The van der Waals surface area contributed by atoms with Crippen LogP contribution >= 0.6 is 34.2 Å². The highest BCUT2D eigenvalue weighted by Crippen LogP contribution is 2.62. The van der Waals surface area contributed by atoms with E-state index in [1.54, 1.807) is 0 Å². The summed E-state index contributed by atoms with van der Waals surface area (Å²) in [5.41, 5.74) is 0. The number of hydrogen-bond acceptors (Lipinski definition) is 0. The van der Waals surface area contributed by atoms with Crippen molar-refractivity contribution >= 4 is 34.2 Å². The Morgan fingerprint density at radius 3 is 2.08 bits per heavy atom. The highest BCUT2D eigenvalue weighted by Gasteiger charge is 2.55. The monoisotopic (exact) mass is 296 g/mol. The molecular weight excluding hydrogens is 282 g/mol. The van der Waals surface area contributed by atoms with E-state index in [2.05, 4.69) is 22.6 Å². The van der Waals surface area contributed by atoms with E-state index in [4.69, 9.17) is 11.6 Å². The van der Waals surface area contributed by atoms with Gasteiger partial charge in [0.05, 0.1) is 0 Å². The molecule has 0 amide bonds. The van der Waals surface area contributed by atoms with Gasteiger partial charge in [-0.25, -0.2) is 0 Å². The van der Waals surface area contributed by atoms with Gasteiger partial charge in [-0.3, -0.25) is 0 Å². The van der Waals surface area contributed by atoms with Gasteiger partial charge in [-0.1, -0.05) is 22.6 Å². The molecule has 4 saturated carbocycles. The van der Waals surface area contributed by atoms with Crippen molar-refractivity contribution in [2.75, 3.05) is 0 Å². The van der Waals surface area contributed by atoms with E-state index < -0.39 is 0 Å². The Balaban J connectivity index is 1.98. The topological polar surface area (TPSA) is 0 Å². The fraction of sp³-hybridized carbons (Fsp3) is 1.00. The van der Waals surface area contributed by atoms with E-state index in [1.165, 1.54) is 38.5 Å². The van der Waals surface area contributed by atoms with E-state index in [0.717, 1.165) is 11.8 Å². The van der Waals surface area contributed by atoms with Gasteiger partial charge in [-0.05, 0) is 50.4 Å². The molecule has 4 aliphatic carbocycles. The molecule has 0 saturated heterocycles. The van der Waals surface area contributed by atoms with Gasteiger partial charge in [-0.2, -0.15) is 0 Å². The number of rotatable bonds is 0. The summed E-state index contributed by atoms with van der Waals surface area (Å²) >= 11 is 9.31. The zero-order valence-electron chi connectivity index (χ0n) is 7.15. The predicted molar refractivity (Wildman–Crippen MR) is 60.0 cm³/mol. The Bertz CT molecular complexity index is 192. The average molecular weight is 297 g/mol. The van der Waals surface area contributed by atoms with Crippen molar-refractivity contribution in [2.45, 2.75) is 46.8 Å². The third-order valence-corrected chi connectivity index (χ3v) is 5.62. The van der Waals surface area contributed by atoms with Crippen LogP contribution in [0.2, 0.25) is 0 Å². The standard InChI is InChI=1S/C10H14ClI/c11-9-2-7-1-8(3-9)5-10(12,4-7)6-9/h7-8H,1-6H2/t7-,8+,9?,10?. The van der Waals surface area contributed by atoms with Crippen LogP contribution in [0.4, 0.5) is 0 Å². The van der Waals surface area contributed by atoms with Crippen LogP contribution in [-0.2, 0) is 0 Å². The smallest absolute Gasteiger partial charge is 0.0464 e. The van der Waals surface area contributed by atoms with E-state index in [0.29, 0.717) is 3.42 Å². The van der Waals surface area contributed by atoms with Crippen molar-refractivity contribution in [3.05, 3.63) is 0 Å². The van der Waals surface area contributed by atoms with Gasteiger partial charge in [0.2, 0.25) is 0 Å². The molecule has 0 heterocycles. The second-order valence-corrected chi connectivity index (χ2v) is 8.35. The summed E-state index contributed by atoms with van der Waals surface area (Å²) in [7, 11) is 0. The molecule has 4 atom stereocenters. The molecule has 0 radical (unpaired) electrons. The SMILES string of the molecule is ClC12C[C@H]3C[C@@H](C1)CC(I)(C3)C2. The molecular formula is C10H14ClI. The first-order valence-electron chi connectivity index (χ1n) is 4.95. The van der Waals surface area contributed by atoms with E-state index >= 15 is 0 Å². The molecule has 0 nitrogen and oxygen atoms in total. The quantitative estimate of drug-likeness (QED) is 0.472. The summed E-state index contributed by atoms with van der Waals surface area (Å²) in [5.74, 6) is 1.95. The summed E-state index contributed by atoms with van der Waals surface area (Å²) in [5, 5.41) is 0. The van der Waals surface area contributed by atoms with Crippen LogP contribution in [-0.4, -0.2) is 8.30 Å². The van der Waals surface area contributed by atoms with Crippen molar-refractivity contribution in [1.82, 2.24) is 0 Å². The van der Waals surface area contributed by atoms with Gasteiger partial charge in [0.25, 0.3) is 0 Å².